The van der Waals surface area contributed by atoms with Crippen molar-refractivity contribution in [1.82, 2.24) is 5.32 Å². The summed E-state index contributed by atoms with van der Waals surface area (Å²) in [5.41, 5.74) is -0.572. The Kier molecular flexibility index (Phi) is 7.92. The third kappa shape index (κ3) is 6.01. The molecular weight excluding hydrogens is 447 g/mol. The van der Waals surface area contributed by atoms with Gasteiger partial charge < -0.3 is 35.2 Å². The van der Waals surface area contributed by atoms with Crippen molar-refractivity contribution in [2.75, 3.05) is 6.61 Å². The lowest BCUT2D eigenvalue weighted by Gasteiger charge is -2.39. The highest BCUT2D eigenvalue weighted by Gasteiger charge is 2.44. The molecule has 0 spiro atoms. The van der Waals surface area contributed by atoms with Crippen molar-refractivity contribution in [1.29, 1.82) is 0 Å². The number of benzene rings is 2. The molecule has 5 N–H and O–H groups in total. The molecule has 1 saturated heterocycles. The maximum Gasteiger partial charge on any atom is 0.416 e. The number of carbonyl (C=O) groups excluding carboxylic acids is 1. The van der Waals surface area contributed by atoms with Crippen LogP contribution < -0.4 is 10.1 Å². The van der Waals surface area contributed by atoms with Gasteiger partial charge >= 0.3 is 6.18 Å². The van der Waals surface area contributed by atoms with E-state index in [1.54, 1.807) is 18.2 Å². The molecule has 1 heterocycles. The molecule has 3 rings (SSSR count). The van der Waals surface area contributed by atoms with Gasteiger partial charge in [0.1, 0.15) is 30.2 Å². The fraction of sp³-hybridized carbons (Fsp3) is 0.409. The molecule has 0 bridgehead atoms. The fourth-order valence-electron chi connectivity index (χ4n) is 3.44. The molecule has 0 radical (unpaired) electrons. The number of carbonyl (C=O) groups is 1. The van der Waals surface area contributed by atoms with Crippen LogP contribution in [0.2, 0.25) is 0 Å². The Balaban J connectivity index is 1.67. The second-order valence-corrected chi connectivity index (χ2v) is 7.53. The molecule has 1 aliphatic rings. The van der Waals surface area contributed by atoms with E-state index in [0.29, 0.717) is 5.56 Å². The number of aliphatic hydroxyl groups is 4. The Morgan fingerprint density at radius 2 is 1.61 bits per heavy atom. The zero-order valence-electron chi connectivity index (χ0n) is 17.3. The minimum absolute atomic E-state index is 0.0794. The van der Waals surface area contributed by atoms with Crippen LogP contribution in [0.5, 0.6) is 5.75 Å². The Morgan fingerprint density at radius 1 is 0.970 bits per heavy atom. The topological polar surface area (TPSA) is 128 Å². The highest BCUT2D eigenvalue weighted by molar-refractivity contribution is 5.79. The summed E-state index contributed by atoms with van der Waals surface area (Å²) in [7, 11) is 0. The zero-order chi connectivity index (χ0) is 24.2. The van der Waals surface area contributed by atoms with E-state index in [9.17, 15) is 38.4 Å². The van der Waals surface area contributed by atoms with E-state index in [0.717, 1.165) is 6.07 Å². The second-order valence-electron chi connectivity index (χ2n) is 7.53. The van der Waals surface area contributed by atoms with Crippen molar-refractivity contribution in [2.24, 2.45) is 0 Å². The number of rotatable bonds is 7. The van der Waals surface area contributed by atoms with Crippen LogP contribution in [0.4, 0.5) is 13.2 Å². The maximum absolute atomic E-state index is 13.1. The smallest absolute Gasteiger partial charge is 0.416 e. The van der Waals surface area contributed by atoms with Crippen LogP contribution in [-0.4, -0.2) is 63.6 Å². The third-order valence-corrected chi connectivity index (χ3v) is 5.21. The first kappa shape index (κ1) is 24.9. The lowest BCUT2D eigenvalue weighted by molar-refractivity contribution is -0.277. The van der Waals surface area contributed by atoms with Crippen molar-refractivity contribution in [2.45, 2.75) is 49.8 Å². The molecule has 0 saturated carbocycles. The molecule has 11 heteroatoms. The minimum atomic E-state index is -4.55. The van der Waals surface area contributed by atoms with Gasteiger partial charge in [0.2, 0.25) is 12.2 Å². The van der Waals surface area contributed by atoms with E-state index in [4.69, 9.17) is 9.47 Å². The average molecular weight is 471 g/mol. The van der Waals surface area contributed by atoms with Gasteiger partial charge in [-0.1, -0.05) is 36.4 Å². The fourth-order valence-corrected chi connectivity index (χ4v) is 3.44. The maximum atomic E-state index is 13.1. The number of hydrogen-bond acceptors (Lipinski definition) is 7. The lowest BCUT2D eigenvalue weighted by Crippen LogP contribution is -2.60. The molecule has 180 valence electrons. The number of aliphatic hydroxyl groups excluding tert-OH is 4. The van der Waals surface area contributed by atoms with Gasteiger partial charge in [-0.2, -0.15) is 13.2 Å². The molecule has 1 aliphatic heterocycles. The van der Waals surface area contributed by atoms with Crippen molar-refractivity contribution in [3.8, 4) is 5.75 Å². The molecule has 5 unspecified atom stereocenters. The van der Waals surface area contributed by atoms with Gasteiger partial charge in [-0.15, -0.1) is 0 Å². The van der Waals surface area contributed by atoms with E-state index in [-0.39, 0.29) is 24.3 Å². The van der Waals surface area contributed by atoms with Gasteiger partial charge in [-0.3, -0.25) is 4.79 Å². The molecule has 0 aliphatic carbocycles. The van der Waals surface area contributed by atoms with Crippen LogP contribution in [0, 0.1) is 0 Å². The van der Waals surface area contributed by atoms with E-state index < -0.39 is 55.0 Å². The molecule has 1 amide bonds. The van der Waals surface area contributed by atoms with Gasteiger partial charge in [0, 0.05) is 12.1 Å². The predicted molar refractivity (Wildman–Crippen MR) is 108 cm³/mol. The van der Waals surface area contributed by atoms with Crippen LogP contribution in [0.1, 0.15) is 16.7 Å². The summed E-state index contributed by atoms with van der Waals surface area (Å²) < 4.78 is 50.3. The first-order valence-corrected chi connectivity index (χ1v) is 10.1. The molecule has 0 aromatic heterocycles. The highest BCUT2D eigenvalue weighted by Crippen LogP contribution is 2.32. The van der Waals surface area contributed by atoms with Crippen molar-refractivity contribution < 1.29 is 47.9 Å². The molecule has 2 aromatic carbocycles. The summed E-state index contributed by atoms with van der Waals surface area (Å²) >= 11 is 0. The van der Waals surface area contributed by atoms with Gasteiger partial charge in [0.15, 0.2) is 0 Å². The molecular formula is C22H24F3NO7. The average Bonchev–Trinajstić information content (AvgIpc) is 2.79. The number of para-hydroxylation sites is 1. The normalized spacial score (nSPS) is 25.5. The predicted octanol–water partition coefficient (Wildman–Crippen LogP) is 0.743. The van der Waals surface area contributed by atoms with E-state index in [1.807, 2.05) is 0 Å². The molecule has 1 fully saturated rings. The number of hydrogen-bond donors (Lipinski definition) is 5. The summed E-state index contributed by atoms with van der Waals surface area (Å²) in [4.78, 5) is 12.4. The number of halogens is 3. The molecule has 8 nitrogen and oxygen atoms in total. The lowest BCUT2D eigenvalue weighted by atomic mass is 9.99. The van der Waals surface area contributed by atoms with Gasteiger partial charge in [-0.25, -0.2) is 0 Å². The Morgan fingerprint density at radius 3 is 2.27 bits per heavy atom. The molecule has 2 aromatic rings. The van der Waals surface area contributed by atoms with Gasteiger partial charge in [0.05, 0.1) is 18.6 Å². The number of nitrogens with one attached hydrogen (secondary N) is 1. The molecule has 33 heavy (non-hydrogen) atoms. The summed E-state index contributed by atoms with van der Waals surface area (Å²) in [6.07, 6.45) is -12.2. The Hall–Kier alpha value is -2.70. The summed E-state index contributed by atoms with van der Waals surface area (Å²) in [5, 5.41) is 41.6. The van der Waals surface area contributed by atoms with Crippen LogP contribution in [0.3, 0.4) is 0 Å². The summed E-state index contributed by atoms with van der Waals surface area (Å²) in [6.45, 7) is -0.960. The van der Waals surface area contributed by atoms with Crippen LogP contribution >= 0.6 is 0 Å². The molecule has 5 atom stereocenters. The standard InChI is InChI=1S/C22H24F3NO7/c23-22(24,25)14-7-3-1-6-13(14)10-26-17(28)9-12-5-2-4-8-15(12)32-21-20(31)19(30)18(29)16(11-27)33-21/h1-8,16,18-21,27,29-31H,9-11H2,(H,26,28). The number of ether oxygens (including phenoxy) is 2. The van der Waals surface area contributed by atoms with Crippen molar-refractivity contribution >= 4 is 5.91 Å². The number of amides is 1. The van der Waals surface area contributed by atoms with Gasteiger partial charge in [-0.05, 0) is 17.7 Å². The highest BCUT2D eigenvalue weighted by atomic mass is 19.4. The second kappa shape index (κ2) is 10.5. The summed E-state index contributed by atoms with van der Waals surface area (Å²) in [5.74, 6) is -0.454. The van der Waals surface area contributed by atoms with Crippen LogP contribution in [-0.2, 0) is 28.7 Å². The Labute approximate surface area is 187 Å². The van der Waals surface area contributed by atoms with Gasteiger partial charge in [0.25, 0.3) is 0 Å². The van der Waals surface area contributed by atoms with E-state index >= 15 is 0 Å². The summed E-state index contributed by atoms with van der Waals surface area (Å²) in [6, 6.07) is 11.1. The van der Waals surface area contributed by atoms with Crippen LogP contribution in [0.25, 0.3) is 0 Å². The largest absolute Gasteiger partial charge is 0.462 e. The number of alkyl halides is 3. The monoisotopic (exact) mass is 471 g/mol. The van der Waals surface area contributed by atoms with Crippen molar-refractivity contribution in [3.05, 3.63) is 65.2 Å². The first-order chi connectivity index (χ1) is 15.6. The third-order valence-electron chi connectivity index (χ3n) is 5.21. The minimum Gasteiger partial charge on any atom is -0.462 e. The first-order valence-electron chi connectivity index (χ1n) is 10.1. The van der Waals surface area contributed by atoms with E-state index in [2.05, 4.69) is 5.32 Å². The Bertz CT molecular complexity index is 954. The zero-order valence-corrected chi connectivity index (χ0v) is 17.3. The van der Waals surface area contributed by atoms with Crippen molar-refractivity contribution in [3.63, 3.8) is 0 Å². The van der Waals surface area contributed by atoms with E-state index in [1.165, 1.54) is 24.3 Å². The SMILES string of the molecule is O=C(Cc1ccccc1OC1OC(CO)C(O)C(O)C1O)NCc1ccccc1C(F)(F)F. The quantitative estimate of drug-likeness (QED) is 0.403. The van der Waals surface area contributed by atoms with Crippen LogP contribution in [0.15, 0.2) is 48.5 Å².